The molecule has 4 heteroatoms. The van der Waals surface area contributed by atoms with Crippen molar-refractivity contribution in [2.75, 3.05) is 18.1 Å². The van der Waals surface area contributed by atoms with Gasteiger partial charge in [0.25, 0.3) is 0 Å². The highest BCUT2D eigenvalue weighted by atomic mass is 32.2. The summed E-state index contributed by atoms with van der Waals surface area (Å²) in [6.07, 6.45) is 2.94. The molecule has 0 aliphatic carbocycles. The summed E-state index contributed by atoms with van der Waals surface area (Å²) in [5, 5.41) is 6.03. The summed E-state index contributed by atoms with van der Waals surface area (Å²) < 4.78 is 0. The summed E-state index contributed by atoms with van der Waals surface area (Å²) in [6.45, 7) is 0.947. The maximum atomic E-state index is 11.7. The molecule has 3 nitrogen and oxygen atoms in total. The van der Waals surface area contributed by atoms with Crippen LogP contribution in [0.15, 0.2) is 29.2 Å². The lowest BCUT2D eigenvalue weighted by molar-refractivity contribution is -0.119. The number of hydrogen-bond donors (Lipinski definition) is 2. The lowest BCUT2D eigenvalue weighted by atomic mass is 10.1. The molecule has 2 N–H and O–H groups in total. The number of carbonyl (C=O) groups excluding carboxylic acids is 1. The minimum Gasteiger partial charge on any atom is -0.324 e. The van der Waals surface area contributed by atoms with E-state index in [0.717, 1.165) is 23.5 Å². The molecule has 1 aliphatic rings. The second-order valence-electron chi connectivity index (χ2n) is 3.48. The normalized spacial score (nSPS) is 19.4. The molecule has 0 saturated carbocycles. The van der Waals surface area contributed by atoms with Crippen molar-refractivity contribution in [3.05, 3.63) is 24.3 Å². The molecule has 1 atom stereocenters. The van der Waals surface area contributed by atoms with Gasteiger partial charge in [-0.05, 0) is 31.4 Å². The van der Waals surface area contributed by atoms with Gasteiger partial charge < -0.3 is 10.6 Å². The van der Waals surface area contributed by atoms with Crippen molar-refractivity contribution in [3.8, 4) is 0 Å². The summed E-state index contributed by atoms with van der Waals surface area (Å²) in [6, 6.07) is 7.85. The number of carbonyl (C=O) groups is 1. The molecule has 0 radical (unpaired) electrons. The number of anilines is 1. The van der Waals surface area contributed by atoms with E-state index in [4.69, 9.17) is 0 Å². The van der Waals surface area contributed by atoms with Gasteiger partial charge in [0.2, 0.25) is 5.91 Å². The third-order valence-corrected chi connectivity index (χ3v) is 3.30. The minimum atomic E-state index is -0.0000813. The molecule has 2 rings (SSSR count). The Bertz CT molecular complexity index is 363. The highest BCUT2D eigenvalue weighted by molar-refractivity contribution is 7.98. The Morgan fingerprint density at radius 3 is 2.87 bits per heavy atom. The van der Waals surface area contributed by atoms with Crippen molar-refractivity contribution in [2.24, 2.45) is 0 Å². The van der Waals surface area contributed by atoms with E-state index in [1.54, 1.807) is 11.8 Å². The average Bonchev–Trinajstić information content (AvgIpc) is 2.15. The topological polar surface area (TPSA) is 41.1 Å². The number of rotatable bonds is 3. The van der Waals surface area contributed by atoms with Crippen molar-refractivity contribution in [1.29, 1.82) is 0 Å². The average molecular weight is 222 g/mol. The zero-order valence-electron chi connectivity index (χ0n) is 8.62. The monoisotopic (exact) mass is 222 g/mol. The molecule has 1 heterocycles. The summed E-state index contributed by atoms with van der Waals surface area (Å²) in [5.74, 6) is 0.0720. The van der Waals surface area contributed by atoms with Gasteiger partial charge in [-0.1, -0.05) is 12.1 Å². The number of amides is 1. The molecule has 1 saturated heterocycles. The zero-order chi connectivity index (χ0) is 10.7. The Morgan fingerprint density at radius 2 is 2.27 bits per heavy atom. The van der Waals surface area contributed by atoms with Gasteiger partial charge in [0.15, 0.2) is 0 Å². The number of nitrogens with one attached hydrogen (secondary N) is 2. The van der Waals surface area contributed by atoms with E-state index in [9.17, 15) is 4.79 Å². The molecule has 0 bridgehead atoms. The van der Waals surface area contributed by atoms with Crippen molar-refractivity contribution in [1.82, 2.24) is 5.32 Å². The quantitative estimate of drug-likeness (QED) is 0.765. The largest absolute Gasteiger partial charge is 0.324 e. The van der Waals surface area contributed by atoms with Crippen molar-refractivity contribution >= 4 is 23.4 Å². The van der Waals surface area contributed by atoms with Crippen LogP contribution in [0.1, 0.15) is 6.42 Å². The van der Waals surface area contributed by atoms with Crippen LogP contribution in [0, 0.1) is 0 Å². The van der Waals surface area contributed by atoms with Gasteiger partial charge in [-0.25, -0.2) is 0 Å². The smallest absolute Gasteiger partial charge is 0.241 e. The molecule has 15 heavy (non-hydrogen) atoms. The molecule has 1 aromatic carbocycles. The number of hydrogen-bond acceptors (Lipinski definition) is 3. The summed E-state index contributed by atoms with van der Waals surface area (Å²) in [7, 11) is 0. The van der Waals surface area contributed by atoms with Crippen LogP contribution in [0.3, 0.4) is 0 Å². The molecular formula is C11H14N2OS. The molecule has 80 valence electrons. The molecule has 0 spiro atoms. The first kappa shape index (κ1) is 10.5. The molecule has 0 aromatic heterocycles. The van der Waals surface area contributed by atoms with Gasteiger partial charge in [0, 0.05) is 4.90 Å². The Morgan fingerprint density at radius 1 is 1.53 bits per heavy atom. The minimum absolute atomic E-state index is 0.0000813. The maximum Gasteiger partial charge on any atom is 0.241 e. The zero-order valence-corrected chi connectivity index (χ0v) is 9.43. The fourth-order valence-corrected chi connectivity index (χ4v) is 2.03. The van der Waals surface area contributed by atoms with E-state index in [0.29, 0.717) is 0 Å². The lowest BCUT2D eigenvalue weighted by Crippen LogP contribution is -2.50. The van der Waals surface area contributed by atoms with Crippen LogP contribution in [-0.4, -0.2) is 24.7 Å². The van der Waals surface area contributed by atoms with Gasteiger partial charge in [-0.2, -0.15) is 0 Å². The third kappa shape index (κ3) is 2.33. The van der Waals surface area contributed by atoms with Crippen molar-refractivity contribution in [2.45, 2.75) is 17.4 Å². The van der Waals surface area contributed by atoms with Gasteiger partial charge in [-0.15, -0.1) is 11.8 Å². The second kappa shape index (κ2) is 4.68. The van der Waals surface area contributed by atoms with E-state index in [-0.39, 0.29) is 11.9 Å². The fraction of sp³-hybridized carbons (Fsp3) is 0.364. The van der Waals surface area contributed by atoms with Gasteiger partial charge in [0.05, 0.1) is 11.7 Å². The maximum absolute atomic E-state index is 11.7. The Balaban J connectivity index is 2.05. The number of thioether (sulfide) groups is 1. The summed E-state index contributed by atoms with van der Waals surface area (Å²) in [4.78, 5) is 12.8. The first-order chi connectivity index (χ1) is 7.31. The SMILES string of the molecule is CSc1ccccc1NC(=O)[C@H]1CCN1. The Kier molecular flexibility index (Phi) is 3.28. The fourth-order valence-electron chi connectivity index (χ4n) is 1.48. The summed E-state index contributed by atoms with van der Waals surface area (Å²) >= 11 is 1.64. The predicted molar refractivity (Wildman–Crippen MR) is 63.3 cm³/mol. The Labute approximate surface area is 93.6 Å². The van der Waals surface area contributed by atoms with Crippen molar-refractivity contribution in [3.63, 3.8) is 0 Å². The van der Waals surface area contributed by atoms with Gasteiger partial charge >= 0.3 is 0 Å². The standard InChI is InChI=1S/C11H14N2OS/c1-15-10-5-3-2-4-8(10)13-11(14)9-6-7-12-9/h2-5,9,12H,6-7H2,1H3,(H,13,14)/t9-/m1/s1. The second-order valence-corrected chi connectivity index (χ2v) is 4.33. The number of benzene rings is 1. The van der Waals surface area contributed by atoms with E-state index in [1.165, 1.54) is 0 Å². The van der Waals surface area contributed by atoms with Crippen LogP contribution < -0.4 is 10.6 Å². The van der Waals surface area contributed by atoms with Gasteiger partial charge in [-0.3, -0.25) is 4.79 Å². The van der Waals surface area contributed by atoms with E-state index < -0.39 is 0 Å². The highest BCUT2D eigenvalue weighted by Crippen LogP contribution is 2.24. The van der Waals surface area contributed by atoms with Crippen LogP contribution in [0.5, 0.6) is 0 Å². The van der Waals surface area contributed by atoms with Gasteiger partial charge in [0.1, 0.15) is 0 Å². The van der Waals surface area contributed by atoms with Crippen LogP contribution >= 0.6 is 11.8 Å². The lowest BCUT2D eigenvalue weighted by Gasteiger charge is -2.26. The third-order valence-electron chi connectivity index (χ3n) is 2.51. The van der Waals surface area contributed by atoms with Crippen LogP contribution in [-0.2, 0) is 4.79 Å². The van der Waals surface area contributed by atoms with E-state index in [2.05, 4.69) is 10.6 Å². The van der Waals surface area contributed by atoms with Crippen LogP contribution in [0.25, 0.3) is 0 Å². The van der Waals surface area contributed by atoms with Crippen LogP contribution in [0.4, 0.5) is 5.69 Å². The van der Waals surface area contributed by atoms with Crippen molar-refractivity contribution < 1.29 is 4.79 Å². The molecule has 0 unspecified atom stereocenters. The van der Waals surface area contributed by atoms with E-state index in [1.807, 2.05) is 30.5 Å². The van der Waals surface area contributed by atoms with E-state index >= 15 is 0 Å². The first-order valence-corrected chi connectivity index (χ1v) is 6.21. The Hall–Kier alpha value is -1.00. The molecule has 1 aromatic rings. The molecule has 1 fully saturated rings. The molecule has 1 amide bonds. The highest BCUT2D eigenvalue weighted by Gasteiger charge is 2.24. The van der Waals surface area contributed by atoms with Crippen LogP contribution in [0.2, 0.25) is 0 Å². The molecule has 1 aliphatic heterocycles. The first-order valence-electron chi connectivity index (χ1n) is 4.98. The molecular weight excluding hydrogens is 208 g/mol. The summed E-state index contributed by atoms with van der Waals surface area (Å²) in [5.41, 5.74) is 0.906. The number of para-hydroxylation sites is 1. The predicted octanol–water partition coefficient (Wildman–Crippen LogP) is 1.71.